The zero-order valence-electron chi connectivity index (χ0n) is 25.9. The minimum absolute atomic E-state index is 0.0385. The van der Waals surface area contributed by atoms with E-state index in [9.17, 15) is 8.42 Å². The molecule has 1 aliphatic rings. The Morgan fingerprint density at radius 1 is 0.763 bits per heavy atom. The van der Waals surface area contributed by atoms with Crippen LogP contribution in [0.1, 0.15) is 105 Å². The van der Waals surface area contributed by atoms with Crippen molar-refractivity contribution in [3.05, 3.63) is 0 Å². The van der Waals surface area contributed by atoms with E-state index >= 15 is 0 Å². The summed E-state index contributed by atoms with van der Waals surface area (Å²) in [5.41, 5.74) is 0. The van der Waals surface area contributed by atoms with Crippen LogP contribution in [0, 0.1) is 23.7 Å². The lowest BCUT2D eigenvalue weighted by atomic mass is 9.91. The third kappa shape index (κ3) is 19.8. The molecule has 1 rings (SSSR count). The van der Waals surface area contributed by atoms with Crippen LogP contribution in [-0.2, 0) is 24.0 Å². The molecule has 38 heavy (non-hydrogen) atoms. The first-order valence-corrected chi connectivity index (χ1v) is 17.5. The molecule has 0 aliphatic carbocycles. The predicted molar refractivity (Wildman–Crippen MR) is 161 cm³/mol. The van der Waals surface area contributed by atoms with Crippen LogP contribution in [0.3, 0.4) is 0 Å². The molecule has 7 heteroatoms. The first-order valence-electron chi connectivity index (χ1n) is 15.7. The molecule has 0 N–H and O–H groups in total. The van der Waals surface area contributed by atoms with Crippen molar-refractivity contribution in [2.75, 3.05) is 64.7 Å². The van der Waals surface area contributed by atoms with E-state index in [0.717, 1.165) is 57.0 Å². The number of morpholine rings is 1. The first kappa shape index (κ1) is 35.8. The summed E-state index contributed by atoms with van der Waals surface area (Å²) in [5, 5.41) is 0. The normalized spacial score (nSPS) is 18.5. The molecule has 4 atom stereocenters. The maximum atomic E-state index is 12.5. The quantitative estimate of drug-likeness (QED) is 0.123. The molecule has 0 aromatic rings. The van der Waals surface area contributed by atoms with Gasteiger partial charge in [0.1, 0.15) is 0 Å². The molecule has 0 amide bonds. The van der Waals surface area contributed by atoms with E-state index in [0.29, 0.717) is 25.6 Å². The van der Waals surface area contributed by atoms with Gasteiger partial charge in [-0.2, -0.15) is 0 Å². The molecular formula is C31H63NO5S. The molecule has 0 radical (unpaired) electrons. The zero-order chi connectivity index (χ0) is 28.2. The number of rotatable bonds is 24. The second kappa shape index (κ2) is 21.5. The van der Waals surface area contributed by atoms with Gasteiger partial charge >= 0.3 is 0 Å². The standard InChI is InChI=1S/C31H63NO5S/c1-27(2)11-7-12-28(3)13-8-14-29(4)15-9-16-30(5)17-21-37-25-31(35-6)26-38(33,34)24-10-18-32-19-22-36-23-20-32/h27-31H,7-26H2,1-6H3. The van der Waals surface area contributed by atoms with E-state index in [2.05, 4.69) is 39.5 Å². The molecule has 1 fully saturated rings. The molecule has 6 nitrogen and oxygen atoms in total. The van der Waals surface area contributed by atoms with Gasteiger partial charge in [0, 0.05) is 26.8 Å². The number of nitrogens with zero attached hydrogens (tertiary/aromatic N) is 1. The van der Waals surface area contributed by atoms with Gasteiger partial charge in [-0.05, 0) is 43.1 Å². The summed E-state index contributed by atoms with van der Waals surface area (Å²) < 4.78 is 41.7. The average molecular weight is 562 g/mol. The summed E-state index contributed by atoms with van der Waals surface area (Å²) in [4.78, 5) is 2.27. The number of hydrogen-bond acceptors (Lipinski definition) is 6. The Hall–Kier alpha value is -0.210. The summed E-state index contributed by atoms with van der Waals surface area (Å²) in [6.07, 6.45) is 13.4. The molecular weight excluding hydrogens is 498 g/mol. The minimum atomic E-state index is -3.15. The lowest BCUT2D eigenvalue weighted by Crippen LogP contribution is -2.37. The molecule has 0 bridgehead atoms. The Bertz CT molecular complexity index is 651. The highest BCUT2D eigenvalue weighted by Crippen LogP contribution is 2.22. The summed E-state index contributed by atoms with van der Waals surface area (Å²) in [7, 11) is -1.57. The molecule has 1 saturated heterocycles. The summed E-state index contributed by atoms with van der Waals surface area (Å²) >= 11 is 0. The molecule has 1 aliphatic heterocycles. The molecule has 0 saturated carbocycles. The Morgan fingerprint density at radius 3 is 1.82 bits per heavy atom. The fraction of sp³-hybridized carbons (Fsp3) is 1.00. The molecule has 0 aromatic carbocycles. The van der Waals surface area contributed by atoms with Gasteiger partial charge in [-0.1, -0.05) is 92.4 Å². The van der Waals surface area contributed by atoms with Gasteiger partial charge in [0.15, 0.2) is 9.84 Å². The minimum Gasteiger partial charge on any atom is -0.379 e. The van der Waals surface area contributed by atoms with Crippen LogP contribution in [0.4, 0.5) is 0 Å². The van der Waals surface area contributed by atoms with Crippen LogP contribution < -0.4 is 0 Å². The van der Waals surface area contributed by atoms with E-state index in [4.69, 9.17) is 14.2 Å². The molecule has 228 valence electrons. The SMILES string of the molecule is COC(COCCC(C)CCCC(C)CCCC(C)CCCC(C)C)CS(=O)(=O)CCCN1CCOCC1. The number of ether oxygens (including phenoxy) is 3. The Morgan fingerprint density at radius 2 is 1.29 bits per heavy atom. The highest BCUT2D eigenvalue weighted by atomic mass is 32.2. The first-order chi connectivity index (χ1) is 18.1. The zero-order valence-corrected chi connectivity index (χ0v) is 26.7. The lowest BCUT2D eigenvalue weighted by molar-refractivity contribution is 0.0162. The Labute approximate surface area is 236 Å². The molecule has 0 spiro atoms. The third-order valence-corrected chi connectivity index (χ3v) is 9.92. The fourth-order valence-corrected chi connectivity index (χ4v) is 6.85. The van der Waals surface area contributed by atoms with Crippen molar-refractivity contribution in [2.24, 2.45) is 23.7 Å². The van der Waals surface area contributed by atoms with E-state index in [1.54, 1.807) is 7.11 Å². The molecule has 0 aromatic heterocycles. The average Bonchev–Trinajstić information content (AvgIpc) is 2.86. The van der Waals surface area contributed by atoms with Crippen molar-refractivity contribution in [1.29, 1.82) is 0 Å². The van der Waals surface area contributed by atoms with Crippen molar-refractivity contribution in [3.63, 3.8) is 0 Å². The maximum Gasteiger partial charge on any atom is 0.152 e. The van der Waals surface area contributed by atoms with Crippen molar-refractivity contribution in [1.82, 2.24) is 4.90 Å². The number of methoxy groups -OCH3 is 1. The van der Waals surface area contributed by atoms with Crippen molar-refractivity contribution < 1.29 is 22.6 Å². The highest BCUT2D eigenvalue weighted by molar-refractivity contribution is 7.91. The third-order valence-electron chi connectivity index (χ3n) is 8.13. The van der Waals surface area contributed by atoms with Crippen molar-refractivity contribution in [3.8, 4) is 0 Å². The lowest BCUT2D eigenvalue weighted by Gasteiger charge is -2.26. The van der Waals surface area contributed by atoms with E-state index in [1.807, 2.05) is 0 Å². The fourth-order valence-electron chi connectivity index (χ4n) is 5.32. The number of hydrogen-bond donors (Lipinski definition) is 0. The van der Waals surface area contributed by atoms with E-state index in [-0.39, 0.29) is 11.5 Å². The van der Waals surface area contributed by atoms with Crippen LogP contribution in [0.5, 0.6) is 0 Å². The van der Waals surface area contributed by atoms with Gasteiger partial charge in [-0.15, -0.1) is 0 Å². The van der Waals surface area contributed by atoms with E-state index in [1.165, 1.54) is 57.8 Å². The van der Waals surface area contributed by atoms with Gasteiger partial charge in [-0.3, -0.25) is 4.90 Å². The van der Waals surface area contributed by atoms with Crippen LogP contribution in [0.25, 0.3) is 0 Å². The molecule has 1 heterocycles. The Kier molecular flexibility index (Phi) is 20.3. The van der Waals surface area contributed by atoms with Crippen LogP contribution in [0.2, 0.25) is 0 Å². The van der Waals surface area contributed by atoms with Crippen molar-refractivity contribution in [2.45, 2.75) is 111 Å². The van der Waals surface area contributed by atoms with E-state index < -0.39 is 15.9 Å². The largest absolute Gasteiger partial charge is 0.379 e. The summed E-state index contributed by atoms with van der Waals surface area (Å²) in [6.45, 7) is 16.9. The molecule has 4 unspecified atom stereocenters. The van der Waals surface area contributed by atoms with Crippen LogP contribution >= 0.6 is 0 Å². The van der Waals surface area contributed by atoms with Gasteiger partial charge in [0.2, 0.25) is 0 Å². The number of sulfone groups is 1. The monoisotopic (exact) mass is 561 g/mol. The second-order valence-electron chi connectivity index (χ2n) is 12.6. The topological polar surface area (TPSA) is 65.1 Å². The second-order valence-corrected chi connectivity index (χ2v) is 14.9. The van der Waals surface area contributed by atoms with Crippen LogP contribution in [-0.4, -0.2) is 84.1 Å². The summed E-state index contributed by atoms with van der Waals surface area (Å²) in [6, 6.07) is 0. The van der Waals surface area contributed by atoms with Gasteiger partial charge in [0.05, 0.1) is 37.4 Å². The van der Waals surface area contributed by atoms with Crippen molar-refractivity contribution >= 4 is 9.84 Å². The highest BCUT2D eigenvalue weighted by Gasteiger charge is 2.20. The van der Waals surface area contributed by atoms with Crippen LogP contribution in [0.15, 0.2) is 0 Å². The van der Waals surface area contributed by atoms with Gasteiger partial charge < -0.3 is 14.2 Å². The smallest absolute Gasteiger partial charge is 0.152 e. The van der Waals surface area contributed by atoms with Gasteiger partial charge in [-0.25, -0.2) is 8.42 Å². The predicted octanol–water partition coefficient (Wildman–Crippen LogP) is 6.62. The van der Waals surface area contributed by atoms with Gasteiger partial charge in [0.25, 0.3) is 0 Å². The maximum absolute atomic E-state index is 12.5. The Balaban J connectivity index is 2.07. The summed E-state index contributed by atoms with van der Waals surface area (Å²) in [5.74, 6) is 3.41.